The maximum Gasteiger partial charge on any atom is 0.354 e. The molecule has 0 saturated carbocycles. The van der Waals surface area contributed by atoms with Gasteiger partial charge in [0, 0.05) is 23.0 Å². The molecule has 0 fully saturated rings. The number of nitrogens with zero attached hydrogens (tertiary/aromatic N) is 1. The Morgan fingerprint density at radius 1 is 1.24 bits per heavy atom. The summed E-state index contributed by atoms with van der Waals surface area (Å²) in [6.07, 6.45) is 0. The molecule has 7 heteroatoms. The normalized spacial score (nSPS) is 10.3. The first kappa shape index (κ1) is 18.5. The van der Waals surface area contributed by atoms with Crippen LogP contribution in [0.2, 0.25) is 0 Å². The third-order valence-corrected chi connectivity index (χ3v) is 3.84. The Hall–Kier alpha value is -2.86. The number of esters is 1. The van der Waals surface area contributed by atoms with Crippen LogP contribution in [0.3, 0.4) is 0 Å². The smallest absolute Gasteiger partial charge is 0.354 e. The van der Waals surface area contributed by atoms with Crippen molar-refractivity contribution >= 4 is 35.1 Å². The average Bonchev–Trinajstić information content (AvgIpc) is 2.92. The number of rotatable bonds is 4. The van der Waals surface area contributed by atoms with Gasteiger partial charge in [0.1, 0.15) is 17.3 Å². The van der Waals surface area contributed by atoms with Crippen molar-refractivity contribution < 1.29 is 13.9 Å². The highest BCUT2D eigenvalue weighted by molar-refractivity contribution is 5.96. The fourth-order valence-corrected chi connectivity index (χ4v) is 2.71. The molecule has 3 rings (SSSR count). The van der Waals surface area contributed by atoms with E-state index in [1.54, 1.807) is 34.9 Å². The second-order valence-electron chi connectivity index (χ2n) is 5.42. The van der Waals surface area contributed by atoms with Crippen molar-refractivity contribution in [3.8, 4) is 0 Å². The van der Waals surface area contributed by atoms with E-state index < -0.39 is 5.97 Å². The summed E-state index contributed by atoms with van der Waals surface area (Å²) in [7, 11) is 1.31. The first-order valence-electron chi connectivity index (χ1n) is 7.30. The van der Waals surface area contributed by atoms with Gasteiger partial charge in [-0.05, 0) is 35.9 Å². The second-order valence-corrected chi connectivity index (χ2v) is 5.42. The van der Waals surface area contributed by atoms with Gasteiger partial charge in [0.25, 0.3) is 0 Å². The molecule has 0 bridgehead atoms. The molecule has 2 aromatic carbocycles. The number of hydrogen-bond donors (Lipinski definition) is 2. The molecule has 1 heterocycles. The van der Waals surface area contributed by atoms with Crippen LogP contribution in [0.5, 0.6) is 0 Å². The minimum Gasteiger partial charge on any atom is -0.464 e. The molecule has 0 radical (unpaired) electrons. The van der Waals surface area contributed by atoms with Crippen molar-refractivity contribution in [3.05, 3.63) is 71.2 Å². The molecule has 3 aromatic rings. The molecule has 0 saturated heterocycles. The van der Waals surface area contributed by atoms with Crippen LogP contribution in [0.1, 0.15) is 21.6 Å². The Balaban J connectivity index is 0.00000225. The molecule has 0 aliphatic carbocycles. The molecular formula is C18H17ClFN3O2. The Morgan fingerprint density at radius 3 is 2.68 bits per heavy atom. The van der Waals surface area contributed by atoms with Gasteiger partial charge in [-0.2, -0.15) is 0 Å². The molecule has 5 nitrogen and oxygen atoms in total. The SMILES string of the molecule is COC(=O)c1cc2cc(F)ccc2n1Cc1cccc(C(=N)N)c1.Cl. The third kappa shape index (κ3) is 3.64. The lowest BCUT2D eigenvalue weighted by atomic mass is 10.1. The van der Waals surface area contributed by atoms with Crippen LogP contribution >= 0.6 is 12.4 Å². The summed E-state index contributed by atoms with van der Waals surface area (Å²) in [4.78, 5) is 12.1. The standard InChI is InChI=1S/C18H16FN3O2.ClH/c1-24-18(23)16-9-13-8-14(19)5-6-15(13)22(16)10-11-3-2-4-12(7-11)17(20)21;/h2-9H,10H2,1H3,(H3,20,21);1H. The van der Waals surface area contributed by atoms with Gasteiger partial charge in [-0.1, -0.05) is 18.2 Å². The molecule has 25 heavy (non-hydrogen) atoms. The van der Waals surface area contributed by atoms with Gasteiger partial charge in [-0.25, -0.2) is 9.18 Å². The van der Waals surface area contributed by atoms with Gasteiger partial charge >= 0.3 is 5.97 Å². The summed E-state index contributed by atoms with van der Waals surface area (Å²) in [5.41, 5.74) is 8.07. The largest absolute Gasteiger partial charge is 0.464 e. The number of halogens is 2. The first-order valence-corrected chi connectivity index (χ1v) is 7.30. The van der Waals surface area contributed by atoms with E-state index in [1.165, 1.54) is 19.2 Å². The Morgan fingerprint density at radius 2 is 2.00 bits per heavy atom. The summed E-state index contributed by atoms with van der Waals surface area (Å²) in [6.45, 7) is 0.376. The minimum absolute atomic E-state index is 0. The fraction of sp³-hybridized carbons (Fsp3) is 0.111. The van der Waals surface area contributed by atoms with Crippen LogP contribution in [0.25, 0.3) is 10.9 Å². The fourth-order valence-electron chi connectivity index (χ4n) is 2.71. The lowest BCUT2D eigenvalue weighted by Gasteiger charge is -2.11. The van der Waals surface area contributed by atoms with Crippen LogP contribution < -0.4 is 5.73 Å². The molecular weight excluding hydrogens is 345 g/mol. The van der Waals surface area contributed by atoms with Crippen LogP contribution in [0.15, 0.2) is 48.5 Å². The van der Waals surface area contributed by atoms with Crippen LogP contribution in [-0.2, 0) is 11.3 Å². The monoisotopic (exact) mass is 361 g/mol. The Labute approximate surface area is 150 Å². The minimum atomic E-state index is -0.491. The predicted molar refractivity (Wildman–Crippen MR) is 97.0 cm³/mol. The van der Waals surface area contributed by atoms with Gasteiger partial charge in [0.2, 0.25) is 0 Å². The van der Waals surface area contributed by atoms with Crippen molar-refractivity contribution in [2.24, 2.45) is 5.73 Å². The maximum atomic E-state index is 13.5. The van der Waals surface area contributed by atoms with E-state index in [1.807, 2.05) is 6.07 Å². The maximum absolute atomic E-state index is 13.5. The highest BCUT2D eigenvalue weighted by Gasteiger charge is 2.17. The molecule has 3 N–H and O–H groups in total. The predicted octanol–water partition coefficient (Wildman–Crippen LogP) is 3.32. The lowest BCUT2D eigenvalue weighted by Crippen LogP contribution is -2.13. The number of nitrogens with one attached hydrogen (secondary N) is 1. The third-order valence-electron chi connectivity index (χ3n) is 3.84. The Bertz CT molecular complexity index is 953. The summed E-state index contributed by atoms with van der Waals surface area (Å²) in [6, 6.07) is 13.2. The van der Waals surface area contributed by atoms with E-state index >= 15 is 0 Å². The Kier molecular flexibility index (Phi) is 5.44. The molecule has 0 unspecified atom stereocenters. The topological polar surface area (TPSA) is 81.1 Å². The van der Waals surface area contributed by atoms with Crippen LogP contribution in [0.4, 0.5) is 4.39 Å². The molecule has 0 amide bonds. The van der Waals surface area contributed by atoms with E-state index in [0.29, 0.717) is 23.2 Å². The van der Waals surface area contributed by atoms with Crippen LogP contribution in [-0.4, -0.2) is 23.5 Å². The molecule has 0 aliphatic heterocycles. The van der Waals surface area contributed by atoms with E-state index in [4.69, 9.17) is 15.9 Å². The summed E-state index contributed by atoms with van der Waals surface area (Å²) < 4.78 is 20.1. The molecule has 0 atom stereocenters. The highest BCUT2D eigenvalue weighted by Crippen LogP contribution is 2.23. The molecule has 1 aromatic heterocycles. The van der Waals surface area contributed by atoms with Crippen molar-refractivity contribution in [1.29, 1.82) is 5.41 Å². The van der Waals surface area contributed by atoms with Crippen molar-refractivity contribution in [1.82, 2.24) is 4.57 Å². The van der Waals surface area contributed by atoms with E-state index in [0.717, 1.165) is 11.1 Å². The van der Waals surface area contributed by atoms with E-state index in [-0.39, 0.29) is 24.1 Å². The first-order chi connectivity index (χ1) is 11.5. The zero-order valence-electron chi connectivity index (χ0n) is 13.5. The zero-order valence-corrected chi connectivity index (χ0v) is 14.3. The molecule has 0 spiro atoms. The van der Waals surface area contributed by atoms with Crippen molar-refractivity contribution in [2.45, 2.75) is 6.54 Å². The quantitative estimate of drug-likeness (QED) is 0.425. The number of hydrogen-bond acceptors (Lipinski definition) is 3. The summed E-state index contributed by atoms with van der Waals surface area (Å²) in [5.74, 6) is -0.881. The number of nitrogens with two attached hydrogens (primary N) is 1. The van der Waals surface area contributed by atoms with Gasteiger partial charge in [0.15, 0.2) is 0 Å². The van der Waals surface area contributed by atoms with Gasteiger partial charge in [-0.3, -0.25) is 5.41 Å². The highest BCUT2D eigenvalue weighted by atomic mass is 35.5. The van der Waals surface area contributed by atoms with Crippen LogP contribution in [0, 0.1) is 11.2 Å². The van der Waals surface area contributed by atoms with E-state index in [9.17, 15) is 9.18 Å². The van der Waals surface area contributed by atoms with Gasteiger partial charge in [-0.15, -0.1) is 12.4 Å². The molecule has 130 valence electrons. The van der Waals surface area contributed by atoms with Gasteiger partial charge in [0.05, 0.1) is 7.11 Å². The van der Waals surface area contributed by atoms with Gasteiger partial charge < -0.3 is 15.0 Å². The number of benzene rings is 2. The molecule has 0 aliphatic rings. The number of methoxy groups -OCH3 is 1. The van der Waals surface area contributed by atoms with E-state index in [2.05, 4.69) is 0 Å². The second kappa shape index (κ2) is 7.36. The zero-order chi connectivity index (χ0) is 17.3. The number of carbonyl (C=O) groups is 1. The summed E-state index contributed by atoms with van der Waals surface area (Å²) in [5, 5.41) is 8.16. The number of nitrogen functional groups attached to an aromatic ring is 1. The number of fused-ring (bicyclic) bond motifs is 1. The summed E-state index contributed by atoms with van der Waals surface area (Å²) >= 11 is 0. The lowest BCUT2D eigenvalue weighted by molar-refractivity contribution is 0.0589. The average molecular weight is 362 g/mol. The number of aromatic nitrogens is 1. The number of ether oxygens (including phenoxy) is 1. The van der Waals surface area contributed by atoms with Crippen molar-refractivity contribution in [2.75, 3.05) is 7.11 Å². The number of carbonyl (C=O) groups excluding carboxylic acids is 1. The van der Waals surface area contributed by atoms with Crippen molar-refractivity contribution in [3.63, 3.8) is 0 Å². The number of amidine groups is 1.